The SMILES string of the molecule is C[C@@H]1Cc2cc3c(cc2C(c2ccc(Cl)cc2)=NN1)OCO3. The molecule has 0 unspecified atom stereocenters. The summed E-state index contributed by atoms with van der Waals surface area (Å²) in [6.07, 6.45) is 0.882. The minimum absolute atomic E-state index is 0.254. The highest BCUT2D eigenvalue weighted by Crippen LogP contribution is 2.36. The van der Waals surface area contributed by atoms with Crippen LogP contribution in [0.25, 0.3) is 0 Å². The van der Waals surface area contributed by atoms with Gasteiger partial charge in [-0.25, -0.2) is 0 Å². The molecule has 0 fully saturated rings. The highest BCUT2D eigenvalue weighted by atomic mass is 35.5. The molecule has 22 heavy (non-hydrogen) atoms. The normalized spacial score (nSPS) is 19.0. The maximum Gasteiger partial charge on any atom is 0.231 e. The quantitative estimate of drug-likeness (QED) is 0.877. The van der Waals surface area contributed by atoms with E-state index in [0.717, 1.165) is 34.8 Å². The van der Waals surface area contributed by atoms with Crippen LogP contribution in [0.3, 0.4) is 0 Å². The highest BCUT2D eigenvalue weighted by molar-refractivity contribution is 6.30. The largest absolute Gasteiger partial charge is 0.454 e. The third-order valence-electron chi connectivity index (χ3n) is 3.89. The van der Waals surface area contributed by atoms with Gasteiger partial charge in [-0.2, -0.15) is 5.10 Å². The minimum Gasteiger partial charge on any atom is -0.454 e. The fraction of sp³-hybridized carbons (Fsp3) is 0.235. The van der Waals surface area contributed by atoms with Crippen molar-refractivity contribution in [3.8, 4) is 11.5 Å². The second kappa shape index (κ2) is 5.21. The number of rotatable bonds is 1. The molecule has 2 aromatic rings. The van der Waals surface area contributed by atoms with E-state index in [1.54, 1.807) is 0 Å². The maximum absolute atomic E-state index is 5.99. The number of ether oxygens (including phenoxy) is 2. The van der Waals surface area contributed by atoms with Crippen molar-refractivity contribution in [2.45, 2.75) is 19.4 Å². The molecule has 2 aromatic carbocycles. The van der Waals surface area contributed by atoms with E-state index in [1.807, 2.05) is 30.3 Å². The van der Waals surface area contributed by atoms with Gasteiger partial charge in [-0.3, -0.25) is 0 Å². The van der Waals surface area contributed by atoms with Gasteiger partial charge in [0.25, 0.3) is 0 Å². The van der Waals surface area contributed by atoms with Crippen LogP contribution in [0, 0.1) is 0 Å². The van der Waals surface area contributed by atoms with E-state index >= 15 is 0 Å². The van der Waals surface area contributed by atoms with Crippen LogP contribution in [0.15, 0.2) is 41.5 Å². The molecule has 2 aliphatic heterocycles. The van der Waals surface area contributed by atoms with Crippen molar-refractivity contribution in [2.75, 3.05) is 6.79 Å². The molecule has 2 aliphatic rings. The third kappa shape index (κ3) is 2.29. The fourth-order valence-electron chi connectivity index (χ4n) is 2.81. The Morgan fingerprint density at radius 1 is 1.14 bits per heavy atom. The number of nitrogens with zero attached hydrogens (tertiary/aromatic N) is 1. The van der Waals surface area contributed by atoms with Crippen molar-refractivity contribution in [3.63, 3.8) is 0 Å². The molecule has 0 spiro atoms. The van der Waals surface area contributed by atoms with Crippen LogP contribution in [0.2, 0.25) is 5.02 Å². The summed E-state index contributed by atoms with van der Waals surface area (Å²) in [5.41, 5.74) is 7.40. The predicted molar refractivity (Wildman–Crippen MR) is 86.0 cm³/mol. The van der Waals surface area contributed by atoms with Crippen LogP contribution >= 0.6 is 11.6 Å². The predicted octanol–water partition coefficient (Wildman–Crippen LogP) is 3.36. The summed E-state index contributed by atoms with van der Waals surface area (Å²) in [7, 11) is 0. The Balaban J connectivity index is 1.87. The van der Waals surface area contributed by atoms with E-state index in [9.17, 15) is 0 Å². The molecule has 1 N–H and O–H groups in total. The molecular formula is C17H15ClN2O2. The van der Waals surface area contributed by atoms with Crippen LogP contribution in [-0.2, 0) is 6.42 Å². The van der Waals surface area contributed by atoms with E-state index in [0.29, 0.717) is 5.02 Å². The second-order valence-corrected chi connectivity index (χ2v) is 6.00. The van der Waals surface area contributed by atoms with Gasteiger partial charge in [0, 0.05) is 22.2 Å². The van der Waals surface area contributed by atoms with Crippen LogP contribution in [0.1, 0.15) is 23.6 Å². The molecular weight excluding hydrogens is 300 g/mol. The number of hydrogen-bond donors (Lipinski definition) is 1. The molecule has 0 aliphatic carbocycles. The lowest BCUT2D eigenvalue weighted by molar-refractivity contribution is 0.174. The maximum atomic E-state index is 5.99. The Labute approximate surface area is 133 Å². The van der Waals surface area contributed by atoms with Gasteiger partial charge < -0.3 is 14.9 Å². The molecule has 4 rings (SSSR count). The zero-order chi connectivity index (χ0) is 15.1. The second-order valence-electron chi connectivity index (χ2n) is 5.56. The molecule has 0 amide bonds. The molecule has 0 radical (unpaired) electrons. The topological polar surface area (TPSA) is 42.9 Å². The molecule has 2 heterocycles. The van der Waals surface area contributed by atoms with Gasteiger partial charge in [-0.05, 0) is 43.2 Å². The van der Waals surface area contributed by atoms with E-state index in [4.69, 9.17) is 21.1 Å². The Bertz CT molecular complexity index is 756. The molecule has 5 heteroatoms. The average molecular weight is 315 g/mol. The third-order valence-corrected chi connectivity index (χ3v) is 4.15. The number of fused-ring (bicyclic) bond motifs is 2. The number of halogens is 1. The summed E-state index contributed by atoms with van der Waals surface area (Å²) in [6, 6.07) is 12.0. The van der Waals surface area contributed by atoms with Crippen molar-refractivity contribution >= 4 is 17.3 Å². The van der Waals surface area contributed by atoms with Crippen molar-refractivity contribution < 1.29 is 9.47 Å². The highest BCUT2D eigenvalue weighted by Gasteiger charge is 2.23. The van der Waals surface area contributed by atoms with Gasteiger partial charge in [0.15, 0.2) is 11.5 Å². The summed E-state index contributed by atoms with van der Waals surface area (Å²) in [5, 5.41) is 5.31. The van der Waals surface area contributed by atoms with Crippen LogP contribution in [-0.4, -0.2) is 18.5 Å². The molecule has 0 aromatic heterocycles. The lowest BCUT2D eigenvalue weighted by Gasteiger charge is -2.11. The number of hydrazone groups is 1. The standard InChI is InChI=1S/C17H15ClN2O2/c1-10-6-12-7-15-16(22-9-21-15)8-14(12)17(20-19-10)11-2-4-13(18)5-3-11/h2-5,7-8,10,19H,6,9H2,1H3/t10-/m1/s1. The summed E-state index contributed by atoms with van der Waals surface area (Å²) >= 11 is 5.99. The van der Waals surface area contributed by atoms with Gasteiger partial charge in [-0.1, -0.05) is 23.7 Å². The van der Waals surface area contributed by atoms with E-state index in [-0.39, 0.29) is 12.8 Å². The van der Waals surface area contributed by atoms with Gasteiger partial charge in [0.05, 0.1) is 5.71 Å². The summed E-state index contributed by atoms with van der Waals surface area (Å²) < 4.78 is 11.0. The van der Waals surface area contributed by atoms with Crippen molar-refractivity contribution in [2.24, 2.45) is 5.10 Å². The minimum atomic E-state index is 0.254. The number of benzene rings is 2. The molecule has 112 valence electrons. The van der Waals surface area contributed by atoms with E-state index in [2.05, 4.69) is 23.5 Å². The Morgan fingerprint density at radius 2 is 1.86 bits per heavy atom. The Kier molecular flexibility index (Phi) is 3.19. The first-order chi connectivity index (χ1) is 10.7. The first-order valence-corrected chi connectivity index (χ1v) is 7.60. The van der Waals surface area contributed by atoms with Crippen molar-refractivity contribution in [3.05, 3.63) is 58.1 Å². The van der Waals surface area contributed by atoms with Crippen molar-refractivity contribution in [1.82, 2.24) is 5.43 Å². The molecule has 1 atom stereocenters. The zero-order valence-electron chi connectivity index (χ0n) is 12.1. The number of hydrogen-bond acceptors (Lipinski definition) is 4. The van der Waals surface area contributed by atoms with E-state index in [1.165, 1.54) is 5.56 Å². The van der Waals surface area contributed by atoms with Gasteiger partial charge in [-0.15, -0.1) is 0 Å². The summed E-state index contributed by atoms with van der Waals surface area (Å²) in [6.45, 7) is 2.39. The zero-order valence-corrected chi connectivity index (χ0v) is 12.9. The average Bonchev–Trinajstić information content (AvgIpc) is 2.89. The van der Waals surface area contributed by atoms with Crippen molar-refractivity contribution in [1.29, 1.82) is 0 Å². The molecule has 0 saturated carbocycles. The van der Waals surface area contributed by atoms with Gasteiger partial charge in [0.1, 0.15) is 0 Å². The van der Waals surface area contributed by atoms with Crippen LogP contribution in [0.4, 0.5) is 0 Å². The van der Waals surface area contributed by atoms with Crippen LogP contribution in [0.5, 0.6) is 11.5 Å². The summed E-state index contributed by atoms with van der Waals surface area (Å²) in [5.74, 6) is 1.58. The Morgan fingerprint density at radius 3 is 2.64 bits per heavy atom. The lowest BCUT2D eigenvalue weighted by atomic mass is 9.94. The lowest BCUT2D eigenvalue weighted by Crippen LogP contribution is -2.21. The number of nitrogens with one attached hydrogen (secondary N) is 1. The van der Waals surface area contributed by atoms with Gasteiger partial charge in [0.2, 0.25) is 6.79 Å². The Hall–Kier alpha value is -2.20. The molecule has 4 nitrogen and oxygen atoms in total. The fourth-order valence-corrected chi connectivity index (χ4v) is 2.94. The van der Waals surface area contributed by atoms with Crippen LogP contribution < -0.4 is 14.9 Å². The smallest absolute Gasteiger partial charge is 0.231 e. The molecule has 0 bridgehead atoms. The van der Waals surface area contributed by atoms with E-state index < -0.39 is 0 Å². The first kappa shape index (κ1) is 13.5. The van der Waals surface area contributed by atoms with Gasteiger partial charge >= 0.3 is 0 Å². The summed E-state index contributed by atoms with van der Waals surface area (Å²) in [4.78, 5) is 0. The first-order valence-electron chi connectivity index (χ1n) is 7.23. The molecule has 0 saturated heterocycles. The monoisotopic (exact) mass is 314 g/mol.